The van der Waals surface area contributed by atoms with Crippen LogP contribution in [0.3, 0.4) is 0 Å². The minimum Gasteiger partial charge on any atom is -0.369 e. The normalized spacial score (nSPS) is 10.8. The number of hydrogen-bond donors (Lipinski definition) is 2. The molecule has 3 rings (SSSR count). The molecule has 0 saturated heterocycles. The molecule has 140 valence electrons. The van der Waals surface area contributed by atoms with Gasteiger partial charge in [0.25, 0.3) is 0 Å². The van der Waals surface area contributed by atoms with Gasteiger partial charge in [-0.2, -0.15) is 4.98 Å². The number of pyridine rings is 2. The van der Waals surface area contributed by atoms with Crippen LogP contribution >= 0.6 is 0 Å². The van der Waals surface area contributed by atoms with E-state index in [4.69, 9.17) is 0 Å². The van der Waals surface area contributed by atoms with Crippen LogP contribution in [0.4, 0.5) is 11.8 Å². The number of nitrogens with one attached hydrogen (secondary N) is 2. The SMILES string of the molecule is CN(C)CCNc1nc(NCCc2ccccn2)cc(-c2cccnc2)n1. The van der Waals surface area contributed by atoms with Crippen LogP contribution in [0.1, 0.15) is 5.69 Å². The summed E-state index contributed by atoms with van der Waals surface area (Å²) < 4.78 is 0. The fraction of sp³-hybridized carbons (Fsp3) is 0.300. The second-order valence-corrected chi connectivity index (χ2v) is 6.43. The fourth-order valence-electron chi connectivity index (χ4n) is 2.53. The number of likely N-dealkylation sites (N-methyl/N-ethyl adjacent to an activating group) is 1. The molecule has 7 nitrogen and oxygen atoms in total. The minimum absolute atomic E-state index is 0.610. The molecule has 0 saturated carbocycles. The van der Waals surface area contributed by atoms with Gasteiger partial charge in [-0.15, -0.1) is 0 Å². The number of nitrogens with zero attached hydrogens (tertiary/aromatic N) is 5. The smallest absolute Gasteiger partial charge is 0.225 e. The highest BCUT2D eigenvalue weighted by atomic mass is 15.2. The monoisotopic (exact) mass is 363 g/mol. The van der Waals surface area contributed by atoms with Gasteiger partial charge in [-0.25, -0.2) is 4.98 Å². The van der Waals surface area contributed by atoms with Crippen molar-refractivity contribution in [2.75, 3.05) is 44.4 Å². The van der Waals surface area contributed by atoms with E-state index in [0.717, 1.165) is 48.8 Å². The second kappa shape index (κ2) is 9.59. The maximum atomic E-state index is 4.63. The Morgan fingerprint density at radius 2 is 1.89 bits per heavy atom. The number of rotatable bonds is 9. The van der Waals surface area contributed by atoms with Gasteiger partial charge >= 0.3 is 0 Å². The Hall–Kier alpha value is -3.06. The summed E-state index contributed by atoms with van der Waals surface area (Å²) in [5, 5.41) is 6.68. The third-order valence-corrected chi connectivity index (χ3v) is 3.94. The van der Waals surface area contributed by atoms with Crippen molar-refractivity contribution in [1.82, 2.24) is 24.8 Å². The van der Waals surface area contributed by atoms with E-state index in [0.29, 0.717) is 5.95 Å². The predicted octanol–water partition coefficient (Wildman–Crippen LogP) is 2.56. The first-order valence-corrected chi connectivity index (χ1v) is 9.02. The van der Waals surface area contributed by atoms with Crippen molar-refractivity contribution in [3.05, 3.63) is 60.7 Å². The van der Waals surface area contributed by atoms with Gasteiger partial charge in [0.15, 0.2) is 0 Å². The molecule has 0 fully saturated rings. The molecule has 0 bridgehead atoms. The minimum atomic E-state index is 0.610. The maximum Gasteiger partial charge on any atom is 0.225 e. The lowest BCUT2D eigenvalue weighted by Crippen LogP contribution is -2.21. The molecular weight excluding hydrogens is 338 g/mol. The lowest BCUT2D eigenvalue weighted by molar-refractivity contribution is 0.425. The van der Waals surface area contributed by atoms with Crippen LogP contribution < -0.4 is 10.6 Å². The van der Waals surface area contributed by atoms with E-state index in [2.05, 4.69) is 35.5 Å². The molecule has 3 aromatic rings. The highest BCUT2D eigenvalue weighted by molar-refractivity contribution is 5.63. The van der Waals surface area contributed by atoms with E-state index >= 15 is 0 Å². The first-order chi connectivity index (χ1) is 13.2. The van der Waals surface area contributed by atoms with Crippen LogP contribution in [0.15, 0.2) is 55.0 Å². The van der Waals surface area contributed by atoms with Crippen molar-refractivity contribution in [3.63, 3.8) is 0 Å². The molecule has 27 heavy (non-hydrogen) atoms. The van der Waals surface area contributed by atoms with Crippen molar-refractivity contribution in [3.8, 4) is 11.3 Å². The van der Waals surface area contributed by atoms with E-state index in [1.165, 1.54) is 0 Å². The van der Waals surface area contributed by atoms with Gasteiger partial charge < -0.3 is 15.5 Å². The van der Waals surface area contributed by atoms with Crippen molar-refractivity contribution in [2.45, 2.75) is 6.42 Å². The summed E-state index contributed by atoms with van der Waals surface area (Å²) in [5.41, 5.74) is 2.85. The number of aromatic nitrogens is 4. The number of hydrogen-bond acceptors (Lipinski definition) is 7. The number of anilines is 2. The molecule has 0 aromatic carbocycles. The summed E-state index contributed by atoms with van der Waals surface area (Å²) in [7, 11) is 4.08. The summed E-state index contributed by atoms with van der Waals surface area (Å²) >= 11 is 0. The fourth-order valence-corrected chi connectivity index (χ4v) is 2.53. The first kappa shape index (κ1) is 18.7. The average Bonchev–Trinajstić information content (AvgIpc) is 2.69. The first-order valence-electron chi connectivity index (χ1n) is 9.02. The standard InChI is InChI=1S/C20H25N7/c1-27(2)13-12-24-20-25-18(16-6-5-9-21-15-16)14-19(26-20)23-11-8-17-7-3-4-10-22-17/h3-7,9-10,14-15H,8,11-13H2,1-2H3,(H2,23,24,25,26). The second-order valence-electron chi connectivity index (χ2n) is 6.43. The molecule has 0 unspecified atom stereocenters. The van der Waals surface area contributed by atoms with Crippen molar-refractivity contribution in [1.29, 1.82) is 0 Å². The molecule has 0 aliphatic heterocycles. The summed E-state index contributed by atoms with van der Waals surface area (Å²) in [4.78, 5) is 19.9. The van der Waals surface area contributed by atoms with Gasteiger partial charge in [-0.1, -0.05) is 6.07 Å². The lowest BCUT2D eigenvalue weighted by Gasteiger charge is -2.13. The topological polar surface area (TPSA) is 78.9 Å². The zero-order valence-electron chi connectivity index (χ0n) is 15.8. The van der Waals surface area contributed by atoms with Gasteiger partial charge in [0.1, 0.15) is 5.82 Å². The van der Waals surface area contributed by atoms with Gasteiger partial charge in [-0.05, 0) is 38.4 Å². The third kappa shape index (κ3) is 6.00. The van der Waals surface area contributed by atoms with E-state index in [1.807, 2.05) is 62.9 Å². The van der Waals surface area contributed by atoms with Crippen molar-refractivity contribution >= 4 is 11.8 Å². The van der Waals surface area contributed by atoms with Gasteiger partial charge in [-0.3, -0.25) is 9.97 Å². The van der Waals surface area contributed by atoms with E-state index < -0.39 is 0 Å². The van der Waals surface area contributed by atoms with E-state index in [-0.39, 0.29) is 0 Å². The largest absolute Gasteiger partial charge is 0.369 e. The summed E-state index contributed by atoms with van der Waals surface area (Å²) in [5.74, 6) is 1.39. The summed E-state index contributed by atoms with van der Waals surface area (Å²) in [6.45, 7) is 2.43. The van der Waals surface area contributed by atoms with Crippen LogP contribution in [0.5, 0.6) is 0 Å². The Morgan fingerprint density at radius 3 is 2.63 bits per heavy atom. The Kier molecular flexibility index (Phi) is 6.65. The molecule has 3 heterocycles. The summed E-state index contributed by atoms with van der Waals surface area (Å²) in [6.07, 6.45) is 6.21. The average molecular weight is 363 g/mol. The quantitative estimate of drug-likeness (QED) is 0.605. The zero-order chi connectivity index (χ0) is 18.9. The van der Waals surface area contributed by atoms with Crippen LogP contribution in [0.25, 0.3) is 11.3 Å². The van der Waals surface area contributed by atoms with Crippen LogP contribution in [0, 0.1) is 0 Å². The Morgan fingerprint density at radius 1 is 0.963 bits per heavy atom. The Bertz CT molecular complexity index is 822. The zero-order valence-corrected chi connectivity index (χ0v) is 15.8. The van der Waals surface area contributed by atoms with E-state index in [1.54, 1.807) is 6.20 Å². The van der Waals surface area contributed by atoms with E-state index in [9.17, 15) is 0 Å². The molecular formula is C20H25N7. The third-order valence-electron chi connectivity index (χ3n) is 3.94. The lowest BCUT2D eigenvalue weighted by atomic mass is 10.2. The molecule has 0 radical (unpaired) electrons. The van der Waals surface area contributed by atoms with Crippen LogP contribution in [-0.2, 0) is 6.42 Å². The van der Waals surface area contributed by atoms with Crippen molar-refractivity contribution in [2.24, 2.45) is 0 Å². The molecule has 0 aliphatic rings. The van der Waals surface area contributed by atoms with Crippen LogP contribution in [0.2, 0.25) is 0 Å². The predicted molar refractivity (Wildman–Crippen MR) is 109 cm³/mol. The van der Waals surface area contributed by atoms with Gasteiger partial charge in [0.05, 0.1) is 5.69 Å². The van der Waals surface area contributed by atoms with Gasteiger partial charge in [0.2, 0.25) is 5.95 Å². The Balaban J connectivity index is 1.72. The highest BCUT2D eigenvalue weighted by Crippen LogP contribution is 2.20. The van der Waals surface area contributed by atoms with Crippen LogP contribution in [-0.4, -0.2) is 58.6 Å². The molecule has 2 N–H and O–H groups in total. The molecule has 7 heteroatoms. The van der Waals surface area contributed by atoms with Crippen molar-refractivity contribution < 1.29 is 0 Å². The highest BCUT2D eigenvalue weighted by Gasteiger charge is 2.07. The Labute approximate surface area is 159 Å². The molecule has 0 aliphatic carbocycles. The molecule has 0 spiro atoms. The summed E-state index contributed by atoms with van der Waals surface area (Å²) in [6, 6.07) is 11.8. The van der Waals surface area contributed by atoms with Gasteiger partial charge in [0, 0.05) is 62.0 Å². The molecule has 0 atom stereocenters. The molecule has 3 aromatic heterocycles. The maximum absolute atomic E-state index is 4.63. The molecule has 0 amide bonds.